The predicted molar refractivity (Wildman–Crippen MR) is 91.4 cm³/mol. The van der Waals surface area contributed by atoms with E-state index >= 15 is 0 Å². The van der Waals surface area contributed by atoms with Gasteiger partial charge in [-0.1, -0.05) is 71.1 Å². The predicted octanol–water partition coefficient (Wildman–Crippen LogP) is 3.73. The number of hydrogen-bond acceptors (Lipinski definition) is 2. The summed E-state index contributed by atoms with van der Waals surface area (Å²) in [6, 6.07) is 0. The quantitative estimate of drug-likeness (QED) is 0.357. The fourth-order valence-electron chi connectivity index (χ4n) is 2.89. The lowest BCUT2D eigenvalue weighted by Crippen LogP contribution is -2.47. The van der Waals surface area contributed by atoms with Crippen molar-refractivity contribution in [3.63, 3.8) is 0 Å². The Kier molecular flexibility index (Phi) is 13.5. The van der Waals surface area contributed by atoms with Crippen molar-refractivity contribution in [1.82, 2.24) is 0 Å². The van der Waals surface area contributed by atoms with Gasteiger partial charge in [-0.3, -0.25) is 0 Å². The molecule has 3 nitrogen and oxygen atoms in total. The molecule has 0 aliphatic rings. The molecule has 0 saturated heterocycles. The van der Waals surface area contributed by atoms with Crippen LogP contribution < -0.4 is 0 Å². The summed E-state index contributed by atoms with van der Waals surface area (Å²) < 4.78 is 0.704. The Balaban J connectivity index is 3.34. The Labute approximate surface area is 133 Å². The van der Waals surface area contributed by atoms with Crippen molar-refractivity contribution in [2.45, 2.75) is 83.7 Å². The molecule has 1 unspecified atom stereocenters. The Hall–Kier alpha value is -0.120. The number of unbranched alkanes of at least 4 members (excludes halogenated alkanes) is 9. The van der Waals surface area contributed by atoms with Gasteiger partial charge in [-0.25, -0.2) is 0 Å². The van der Waals surface area contributed by atoms with E-state index in [0.717, 1.165) is 25.9 Å². The molecule has 0 aromatic heterocycles. The minimum Gasteiger partial charge on any atom is -0.391 e. The van der Waals surface area contributed by atoms with E-state index in [4.69, 9.17) is 5.11 Å². The van der Waals surface area contributed by atoms with Crippen LogP contribution in [0, 0.1) is 0 Å². The lowest BCUT2D eigenvalue weighted by molar-refractivity contribution is -0.893. The largest absolute Gasteiger partial charge is 0.391 e. The van der Waals surface area contributed by atoms with Gasteiger partial charge >= 0.3 is 0 Å². The van der Waals surface area contributed by atoms with Gasteiger partial charge in [0.1, 0.15) is 19.2 Å². The van der Waals surface area contributed by atoms with Crippen molar-refractivity contribution < 1.29 is 14.7 Å². The van der Waals surface area contributed by atoms with Gasteiger partial charge in [0.25, 0.3) is 0 Å². The van der Waals surface area contributed by atoms with Gasteiger partial charge < -0.3 is 14.7 Å². The first-order chi connectivity index (χ1) is 10.0. The Bertz CT molecular complexity index is 219. The molecule has 21 heavy (non-hydrogen) atoms. The third-order valence-corrected chi connectivity index (χ3v) is 4.30. The van der Waals surface area contributed by atoms with Crippen LogP contribution in [0.15, 0.2) is 0 Å². The standard InChI is InChI=1S/C18H40NO2/c1-4-5-6-7-8-9-10-11-12-13-14-18(21)17-19(2,3)15-16-20/h18,20-21H,4-17H2,1-3H3/q+1. The molecule has 0 aliphatic carbocycles. The highest BCUT2D eigenvalue weighted by Gasteiger charge is 2.19. The van der Waals surface area contributed by atoms with E-state index in [1.165, 1.54) is 57.8 Å². The van der Waals surface area contributed by atoms with Crippen LogP contribution in [0.2, 0.25) is 0 Å². The van der Waals surface area contributed by atoms with Crippen LogP contribution in [0.5, 0.6) is 0 Å². The fraction of sp³-hybridized carbons (Fsp3) is 1.00. The molecule has 0 fully saturated rings. The number of quaternary nitrogens is 1. The number of nitrogens with zero attached hydrogens (tertiary/aromatic N) is 1. The van der Waals surface area contributed by atoms with Crippen LogP contribution in [0.25, 0.3) is 0 Å². The molecule has 0 aliphatic heterocycles. The summed E-state index contributed by atoms with van der Waals surface area (Å²) in [6.45, 7) is 3.92. The molecule has 0 rings (SSSR count). The molecule has 0 bridgehead atoms. The summed E-state index contributed by atoms with van der Waals surface area (Å²) in [5.41, 5.74) is 0. The van der Waals surface area contributed by atoms with Gasteiger partial charge in [0.15, 0.2) is 0 Å². The molecule has 2 N–H and O–H groups in total. The van der Waals surface area contributed by atoms with E-state index in [0.29, 0.717) is 4.48 Å². The van der Waals surface area contributed by atoms with Crippen molar-refractivity contribution in [2.24, 2.45) is 0 Å². The highest BCUT2D eigenvalue weighted by molar-refractivity contribution is 4.56. The monoisotopic (exact) mass is 302 g/mol. The minimum atomic E-state index is -0.222. The maximum atomic E-state index is 10.0. The summed E-state index contributed by atoms with van der Waals surface area (Å²) in [5, 5.41) is 19.0. The van der Waals surface area contributed by atoms with E-state index in [1.54, 1.807) is 0 Å². The first kappa shape index (κ1) is 20.9. The van der Waals surface area contributed by atoms with Crippen LogP contribution in [0.3, 0.4) is 0 Å². The molecule has 0 radical (unpaired) electrons. The summed E-state index contributed by atoms with van der Waals surface area (Å²) in [6.07, 6.45) is 14.1. The molecule has 0 aromatic rings. The maximum absolute atomic E-state index is 10.0. The van der Waals surface area contributed by atoms with Crippen LogP contribution in [0.4, 0.5) is 0 Å². The van der Waals surface area contributed by atoms with Gasteiger partial charge in [0, 0.05) is 0 Å². The first-order valence-corrected chi connectivity index (χ1v) is 9.12. The summed E-state index contributed by atoms with van der Waals surface area (Å²) in [4.78, 5) is 0. The molecular formula is C18H40NO2+. The average molecular weight is 303 g/mol. The Morgan fingerprint density at radius 2 is 1.29 bits per heavy atom. The maximum Gasteiger partial charge on any atom is 0.105 e. The zero-order valence-electron chi connectivity index (χ0n) is 14.8. The third kappa shape index (κ3) is 14.6. The first-order valence-electron chi connectivity index (χ1n) is 9.12. The van der Waals surface area contributed by atoms with Gasteiger partial charge in [0.2, 0.25) is 0 Å². The van der Waals surface area contributed by atoms with Crippen molar-refractivity contribution in [1.29, 1.82) is 0 Å². The lowest BCUT2D eigenvalue weighted by Gasteiger charge is -2.31. The minimum absolute atomic E-state index is 0.192. The summed E-state index contributed by atoms with van der Waals surface area (Å²) in [7, 11) is 4.13. The highest BCUT2D eigenvalue weighted by Crippen LogP contribution is 2.13. The molecule has 0 aromatic carbocycles. The Morgan fingerprint density at radius 3 is 1.76 bits per heavy atom. The normalized spacial score (nSPS) is 13.6. The van der Waals surface area contributed by atoms with E-state index in [2.05, 4.69) is 21.0 Å². The van der Waals surface area contributed by atoms with Crippen LogP contribution >= 0.6 is 0 Å². The van der Waals surface area contributed by atoms with E-state index < -0.39 is 0 Å². The number of likely N-dealkylation sites (N-methyl/N-ethyl adjacent to an activating group) is 1. The molecule has 0 heterocycles. The summed E-state index contributed by atoms with van der Waals surface area (Å²) in [5.74, 6) is 0. The molecule has 3 heteroatoms. The molecule has 0 amide bonds. The number of hydrogen-bond donors (Lipinski definition) is 2. The van der Waals surface area contributed by atoms with Crippen molar-refractivity contribution in [2.75, 3.05) is 33.8 Å². The number of aliphatic hydroxyl groups excluding tert-OH is 2. The van der Waals surface area contributed by atoms with E-state index in [1.807, 2.05) is 0 Å². The number of rotatable bonds is 15. The SMILES string of the molecule is CCCCCCCCCCCCC(O)C[N+](C)(C)CCO. The second-order valence-electron chi connectivity index (χ2n) is 7.19. The topological polar surface area (TPSA) is 40.5 Å². The zero-order valence-corrected chi connectivity index (χ0v) is 14.8. The summed E-state index contributed by atoms with van der Waals surface area (Å²) >= 11 is 0. The van der Waals surface area contributed by atoms with Gasteiger partial charge in [-0.2, -0.15) is 0 Å². The zero-order chi connectivity index (χ0) is 16.0. The average Bonchev–Trinajstić information content (AvgIpc) is 2.40. The van der Waals surface area contributed by atoms with Crippen molar-refractivity contribution >= 4 is 0 Å². The molecule has 1 atom stereocenters. The van der Waals surface area contributed by atoms with E-state index in [9.17, 15) is 5.11 Å². The number of aliphatic hydroxyl groups is 2. The van der Waals surface area contributed by atoms with E-state index in [-0.39, 0.29) is 12.7 Å². The highest BCUT2D eigenvalue weighted by atomic mass is 16.3. The molecule has 0 saturated carbocycles. The second-order valence-corrected chi connectivity index (χ2v) is 7.19. The smallest absolute Gasteiger partial charge is 0.105 e. The van der Waals surface area contributed by atoms with Gasteiger partial charge in [-0.05, 0) is 6.42 Å². The molecular weight excluding hydrogens is 262 g/mol. The fourth-order valence-corrected chi connectivity index (χ4v) is 2.89. The third-order valence-electron chi connectivity index (χ3n) is 4.30. The van der Waals surface area contributed by atoms with Gasteiger partial charge in [-0.15, -0.1) is 0 Å². The van der Waals surface area contributed by atoms with Crippen LogP contribution in [0.1, 0.15) is 77.6 Å². The Morgan fingerprint density at radius 1 is 0.810 bits per heavy atom. The molecule has 0 spiro atoms. The van der Waals surface area contributed by atoms with Crippen molar-refractivity contribution in [3.05, 3.63) is 0 Å². The lowest BCUT2D eigenvalue weighted by atomic mass is 10.0. The van der Waals surface area contributed by atoms with Crippen LogP contribution in [-0.4, -0.2) is 54.6 Å². The van der Waals surface area contributed by atoms with Crippen molar-refractivity contribution in [3.8, 4) is 0 Å². The molecule has 128 valence electrons. The van der Waals surface area contributed by atoms with Gasteiger partial charge in [0.05, 0.1) is 20.7 Å². The second kappa shape index (κ2) is 13.5. The van der Waals surface area contributed by atoms with Crippen LogP contribution in [-0.2, 0) is 0 Å².